The number of hydrazone groups is 1. The molecule has 0 saturated carbocycles. The van der Waals surface area contributed by atoms with Crippen molar-refractivity contribution in [1.29, 1.82) is 0 Å². The van der Waals surface area contributed by atoms with Crippen LogP contribution in [-0.4, -0.2) is 48.2 Å². The van der Waals surface area contributed by atoms with Gasteiger partial charge in [0.15, 0.2) is 0 Å². The molecule has 142 valence electrons. The maximum atomic E-state index is 13.1. The van der Waals surface area contributed by atoms with Crippen LogP contribution in [-0.2, 0) is 4.79 Å². The average Bonchev–Trinajstić information content (AvgIpc) is 3.29. The number of ether oxygens (including phenoxy) is 1. The van der Waals surface area contributed by atoms with E-state index in [0.717, 1.165) is 21.5 Å². The highest BCUT2D eigenvalue weighted by Gasteiger charge is 2.37. The maximum Gasteiger partial charge on any atom is 0.264 e. The standard InChI is InChI=1S/C20H18N4O3S/c1-27-14-8-6-13(7-9-14)18-15(12-21-10-11-25)19(26)24(23-18)20-22-16-4-2-3-5-17(16)28-20/h2-9,12,15,25H,10-11H2,1H3/t15-/m0/s1. The Kier molecular flexibility index (Phi) is 5.14. The van der Waals surface area contributed by atoms with E-state index in [9.17, 15) is 4.79 Å². The Bertz CT molecular complexity index is 1030. The van der Waals surface area contributed by atoms with Crippen molar-refractivity contribution in [2.45, 2.75) is 0 Å². The largest absolute Gasteiger partial charge is 0.497 e. The SMILES string of the molecule is COc1ccc(C2=NN(c3nc4ccccc4s3)C(=O)[C@H]2C=NCCO)cc1. The van der Waals surface area contributed by atoms with E-state index >= 15 is 0 Å². The highest BCUT2D eigenvalue weighted by Crippen LogP contribution is 2.33. The van der Waals surface area contributed by atoms with Gasteiger partial charge in [-0.25, -0.2) is 4.98 Å². The van der Waals surface area contributed by atoms with Crippen molar-refractivity contribution in [2.24, 2.45) is 16.0 Å². The van der Waals surface area contributed by atoms with Crippen LogP contribution < -0.4 is 9.75 Å². The maximum absolute atomic E-state index is 13.1. The number of aromatic nitrogens is 1. The molecule has 3 aromatic rings. The summed E-state index contributed by atoms with van der Waals surface area (Å²) in [6.07, 6.45) is 1.55. The number of carbonyl (C=O) groups is 1. The van der Waals surface area contributed by atoms with Crippen LogP contribution in [0.5, 0.6) is 5.75 Å². The van der Waals surface area contributed by atoms with Crippen molar-refractivity contribution in [1.82, 2.24) is 4.98 Å². The summed E-state index contributed by atoms with van der Waals surface area (Å²) in [5.74, 6) is -0.124. The number of aliphatic hydroxyl groups is 1. The first-order valence-corrected chi connectivity index (χ1v) is 9.56. The lowest BCUT2D eigenvalue weighted by atomic mass is 9.98. The lowest BCUT2D eigenvalue weighted by molar-refractivity contribution is -0.118. The molecule has 4 rings (SSSR count). The zero-order valence-corrected chi connectivity index (χ0v) is 16.0. The molecule has 1 atom stereocenters. The van der Waals surface area contributed by atoms with Crippen molar-refractivity contribution in [3.8, 4) is 5.75 Å². The number of anilines is 1. The lowest BCUT2D eigenvalue weighted by Crippen LogP contribution is -2.28. The van der Waals surface area contributed by atoms with Crippen molar-refractivity contribution >= 4 is 44.5 Å². The second-order valence-corrected chi connectivity index (χ2v) is 7.09. The summed E-state index contributed by atoms with van der Waals surface area (Å²) in [4.78, 5) is 21.8. The normalized spacial score (nSPS) is 16.9. The third kappa shape index (κ3) is 3.39. The summed E-state index contributed by atoms with van der Waals surface area (Å²) >= 11 is 1.41. The molecule has 7 nitrogen and oxygen atoms in total. The number of aliphatic hydroxyl groups excluding tert-OH is 1. The lowest BCUT2D eigenvalue weighted by Gasteiger charge is -2.08. The van der Waals surface area contributed by atoms with Crippen LogP contribution in [0.4, 0.5) is 5.13 Å². The van der Waals surface area contributed by atoms with Gasteiger partial charge in [-0.2, -0.15) is 10.1 Å². The van der Waals surface area contributed by atoms with Crippen molar-refractivity contribution in [3.05, 3.63) is 54.1 Å². The monoisotopic (exact) mass is 394 g/mol. The summed E-state index contributed by atoms with van der Waals surface area (Å²) in [6.45, 7) is 0.162. The van der Waals surface area contributed by atoms with Crippen molar-refractivity contribution < 1.29 is 14.6 Å². The molecule has 0 saturated heterocycles. The Morgan fingerprint density at radius 1 is 1.25 bits per heavy atom. The quantitative estimate of drug-likeness (QED) is 0.651. The first-order valence-electron chi connectivity index (χ1n) is 8.74. The fourth-order valence-corrected chi connectivity index (χ4v) is 3.85. The molecule has 1 amide bonds. The number of aliphatic imine (C=N–C) groups is 1. The molecule has 8 heteroatoms. The summed E-state index contributed by atoms with van der Waals surface area (Å²) in [6, 6.07) is 15.1. The number of amides is 1. The minimum absolute atomic E-state index is 0.0754. The summed E-state index contributed by atoms with van der Waals surface area (Å²) < 4.78 is 6.19. The van der Waals surface area contributed by atoms with E-state index in [2.05, 4.69) is 15.1 Å². The number of carbonyl (C=O) groups excluding carboxylic acids is 1. The number of benzene rings is 2. The molecule has 0 unspecified atom stereocenters. The topological polar surface area (TPSA) is 87.4 Å². The third-order valence-corrected chi connectivity index (χ3v) is 5.32. The van der Waals surface area contributed by atoms with Gasteiger partial charge in [-0.15, -0.1) is 0 Å². The Labute approximate surface area is 165 Å². The highest BCUT2D eigenvalue weighted by molar-refractivity contribution is 7.22. The number of rotatable bonds is 6. The molecule has 0 spiro atoms. The van der Waals surface area contributed by atoms with Gasteiger partial charge < -0.3 is 9.84 Å². The van der Waals surface area contributed by atoms with E-state index in [1.165, 1.54) is 16.3 Å². The number of fused-ring (bicyclic) bond motifs is 1. The minimum Gasteiger partial charge on any atom is -0.497 e. The Morgan fingerprint density at radius 2 is 2.04 bits per heavy atom. The molecule has 28 heavy (non-hydrogen) atoms. The van der Waals surface area contributed by atoms with Gasteiger partial charge in [-0.05, 0) is 42.0 Å². The molecule has 2 aromatic carbocycles. The van der Waals surface area contributed by atoms with Gasteiger partial charge in [0.2, 0.25) is 5.13 Å². The van der Waals surface area contributed by atoms with Gasteiger partial charge in [0, 0.05) is 6.21 Å². The van der Waals surface area contributed by atoms with Gasteiger partial charge in [0.25, 0.3) is 5.91 Å². The number of para-hydroxylation sites is 1. The van der Waals surface area contributed by atoms with E-state index < -0.39 is 5.92 Å². The van der Waals surface area contributed by atoms with Crippen LogP contribution in [0.15, 0.2) is 58.6 Å². The fraction of sp³-hybridized carbons (Fsp3) is 0.200. The molecule has 1 aliphatic heterocycles. The van der Waals surface area contributed by atoms with E-state index in [0.29, 0.717) is 10.8 Å². The van der Waals surface area contributed by atoms with E-state index in [1.54, 1.807) is 13.3 Å². The predicted octanol–water partition coefficient (Wildman–Crippen LogP) is 2.74. The predicted molar refractivity (Wildman–Crippen MR) is 111 cm³/mol. The van der Waals surface area contributed by atoms with Crippen LogP contribution >= 0.6 is 11.3 Å². The molecule has 0 aliphatic carbocycles. The molecular formula is C20H18N4O3S. The second-order valence-electron chi connectivity index (χ2n) is 6.08. The highest BCUT2D eigenvalue weighted by atomic mass is 32.1. The number of nitrogens with zero attached hydrogens (tertiary/aromatic N) is 4. The van der Waals surface area contributed by atoms with Crippen LogP contribution in [0.3, 0.4) is 0 Å². The van der Waals surface area contributed by atoms with Crippen molar-refractivity contribution in [3.63, 3.8) is 0 Å². The van der Waals surface area contributed by atoms with Gasteiger partial charge >= 0.3 is 0 Å². The number of hydrogen-bond acceptors (Lipinski definition) is 7. The third-order valence-electron chi connectivity index (χ3n) is 4.31. The molecule has 0 radical (unpaired) electrons. The zero-order valence-electron chi connectivity index (χ0n) is 15.1. The summed E-state index contributed by atoms with van der Waals surface area (Å²) in [5.41, 5.74) is 2.22. The van der Waals surface area contributed by atoms with Crippen LogP contribution in [0, 0.1) is 5.92 Å². The van der Waals surface area contributed by atoms with Crippen LogP contribution in [0.2, 0.25) is 0 Å². The van der Waals surface area contributed by atoms with E-state index in [-0.39, 0.29) is 19.1 Å². The van der Waals surface area contributed by atoms with Gasteiger partial charge in [0.1, 0.15) is 11.7 Å². The Hall–Kier alpha value is -3.10. The number of thiazole rings is 1. The minimum atomic E-state index is -0.632. The fourth-order valence-electron chi connectivity index (χ4n) is 2.93. The average molecular weight is 394 g/mol. The molecule has 2 heterocycles. The van der Waals surface area contributed by atoms with E-state index in [4.69, 9.17) is 9.84 Å². The first-order chi connectivity index (χ1) is 13.7. The van der Waals surface area contributed by atoms with Crippen LogP contribution in [0.25, 0.3) is 10.2 Å². The molecule has 1 N–H and O–H groups in total. The number of hydrogen-bond donors (Lipinski definition) is 1. The zero-order chi connectivity index (χ0) is 19.5. The van der Waals surface area contributed by atoms with Crippen LogP contribution in [0.1, 0.15) is 5.56 Å². The molecule has 0 bridgehead atoms. The molecule has 1 aliphatic rings. The van der Waals surface area contributed by atoms with E-state index in [1.807, 2.05) is 48.5 Å². The van der Waals surface area contributed by atoms with Gasteiger partial charge in [0.05, 0.1) is 36.2 Å². The molecule has 1 aromatic heterocycles. The Balaban J connectivity index is 1.74. The Morgan fingerprint density at radius 3 is 2.75 bits per heavy atom. The number of methoxy groups -OCH3 is 1. The smallest absolute Gasteiger partial charge is 0.264 e. The van der Waals surface area contributed by atoms with Gasteiger partial charge in [-0.3, -0.25) is 9.79 Å². The molecule has 0 fully saturated rings. The first kappa shape index (κ1) is 18.3. The summed E-state index contributed by atoms with van der Waals surface area (Å²) in [7, 11) is 1.60. The van der Waals surface area contributed by atoms with Crippen molar-refractivity contribution in [2.75, 3.05) is 25.3 Å². The summed E-state index contributed by atoms with van der Waals surface area (Å²) in [5, 5.41) is 15.4. The molecular weight excluding hydrogens is 376 g/mol. The van der Waals surface area contributed by atoms with Gasteiger partial charge in [-0.1, -0.05) is 23.5 Å². The second kappa shape index (κ2) is 7.87.